The number of anilines is 1. The van der Waals surface area contributed by atoms with Gasteiger partial charge in [-0.15, -0.1) is 0 Å². The zero-order chi connectivity index (χ0) is 30.9. The number of carbonyl (C=O) groups excluding carboxylic acids is 2. The van der Waals surface area contributed by atoms with Gasteiger partial charge < -0.3 is 24.4 Å². The van der Waals surface area contributed by atoms with Crippen molar-refractivity contribution in [1.82, 2.24) is 10.2 Å². The van der Waals surface area contributed by atoms with Crippen LogP contribution in [-0.2, 0) is 26.2 Å². The lowest BCUT2D eigenvalue weighted by atomic mass is 10.1. The minimum atomic E-state index is -4.27. The lowest BCUT2D eigenvalue weighted by Gasteiger charge is -2.34. The van der Waals surface area contributed by atoms with Gasteiger partial charge in [-0.25, -0.2) is 8.42 Å². The Labute approximate surface area is 248 Å². The quantitative estimate of drug-likeness (QED) is 0.296. The molecule has 0 aromatic heterocycles. The first-order valence-electron chi connectivity index (χ1n) is 13.6. The number of para-hydroxylation sites is 2. The Hall–Kier alpha value is -4.25. The maximum Gasteiger partial charge on any atom is 0.264 e. The smallest absolute Gasteiger partial charge is 0.264 e. The van der Waals surface area contributed by atoms with Crippen LogP contribution in [0.1, 0.15) is 32.8 Å². The Morgan fingerprint density at radius 3 is 2.12 bits per heavy atom. The predicted octanol–water partition coefficient (Wildman–Crippen LogP) is 4.24. The van der Waals surface area contributed by atoms with E-state index in [4.69, 9.17) is 14.2 Å². The topological polar surface area (TPSA) is 114 Å². The van der Waals surface area contributed by atoms with Crippen LogP contribution in [0.2, 0.25) is 0 Å². The number of nitrogens with one attached hydrogen (secondary N) is 1. The molecule has 0 aliphatic heterocycles. The molecule has 226 valence electrons. The molecule has 3 aromatic carbocycles. The van der Waals surface area contributed by atoms with Crippen molar-refractivity contribution in [3.63, 3.8) is 0 Å². The molecule has 0 saturated carbocycles. The normalized spacial score (nSPS) is 11.9. The first-order valence-corrected chi connectivity index (χ1v) is 15.0. The van der Waals surface area contributed by atoms with E-state index in [-0.39, 0.29) is 34.8 Å². The zero-order valence-electron chi connectivity index (χ0n) is 24.9. The highest BCUT2D eigenvalue weighted by molar-refractivity contribution is 7.92. The summed E-state index contributed by atoms with van der Waals surface area (Å²) < 4.78 is 45.2. The van der Waals surface area contributed by atoms with Crippen LogP contribution in [0.4, 0.5) is 5.69 Å². The standard InChI is InChI=1S/C31H39N3O7S/c1-7-27(31(36)32-22(2)3)33(20-23-11-10-12-25(19-23)40-5)30(35)21-34(28-13-8-9-14-29(28)41-6)42(37,38)26-17-15-24(39-4)16-18-26/h8-19,22,27H,7,20-21H2,1-6H3,(H,32,36)/t27-/m0/s1. The van der Waals surface area contributed by atoms with E-state index in [2.05, 4.69) is 5.32 Å². The van der Waals surface area contributed by atoms with Gasteiger partial charge >= 0.3 is 0 Å². The number of carbonyl (C=O) groups is 2. The van der Waals surface area contributed by atoms with Crippen LogP contribution in [0.25, 0.3) is 0 Å². The third-order valence-electron chi connectivity index (χ3n) is 6.58. The fraction of sp³-hybridized carbons (Fsp3) is 0.355. The molecule has 11 heteroatoms. The summed E-state index contributed by atoms with van der Waals surface area (Å²) >= 11 is 0. The van der Waals surface area contributed by atoms with Crippen LogP contribution in [0.15, 0.2) is 77.7 Å². The van der Waals surface area contributed by atoms with Crippen molar-refractivity contribution >= 4 is 27.5 Å². The van der Waals surface area contributed by atoms with Gasteiger partial charge in [0.2, 0.25) is 11.8 Å². The predicted molar refractivity (Wildman–Crippen MR) is 161 cm³/mol. The summed E-state index contributed by atoms with van der Waals surface area (Å²) in [5.74, 6) is 0.459. The fourth-order valence-electron chi connectivity index (χ4n) is 4.49. The Morgan fingerprint density at radius 1 is 0.857 bits per heavy atom. The second-order valence-corrected chi connectivity index (χ2v) is 11.7. The summed E-state index contributed by atoms with van der Waals surface area (Å²) in [6.45, 7) is 4.96. The molecule has 0 saturated heterocycles. The van der Waals surface area contributed by atoms with Crippen molar-refractivity contribution in [2.24, 2.45) is 0 Å². The van der Waals surface area contributed by atoms with Crippen LogP contribution in [-0.4, -0.2) is 65.1 Å². The molecule has 0 aliphatic carbocycles. The molecule has 0 fully saturated rings. The summed E-state index contributed by atoms with van der Waals surface area (Å²) in [6, 6.07) is 18.6. The van der Waals surface area contributed by atoms with Crippen molar-refractivity contribution < 1.29 is 32.2 Å². The summed E-state index contributed by atoms with van der Waals surface area (Å²) in [6.07, 6.45) is 0.314. The first kappa shape index (κ1) is 32.3. The highest BCUT2D eigenvalue weighted by Crippen LogP contribution is 2.33. The second kappa shape index (κ2) is 14.6. The van der Waals surface area contributed by atoms with Gasteiger partial charge in [0.05, 0.1) is 31.9 Å². The summed E-state index contributed by atoms with van der Waals surface area (Å²) in [7, 11) is 0.192. The molecule has 3 rings (SSSR count). The maximum absolute atomic E-state index is 14.2. The Kier molecular flexibility index (Phi) is 11.2. The lowest BCUT2D eigenvalue weighted by molar-refractivity contribution is -0.140. The molecule has 10 nitrogen and oxygen atoms in total. The van der Waals surface area contributed by atoms with E-state index >= 15 is 0 Å². The molecule has 0 heterocycles. The number of sulfonamides is 1. The molecule has 0 spiro atoms. The minimum absolute atomic E-state index is 0.0362. The molecule has 0 aliphatic rings. The zero-order valence-corrected chi connectivity index (χ0v) is 25.7. The largest absolute Gasteiger partial charge is 0.497 e. The highest BCUT2D eigenvalue weighted by atomic mass is 32.2. The third-order valence-corrected chi connectivity index (χ3v) is 8.36. The molecule has 0 radical (unpaired) electrons. The fourth-order valence-corrected chi connectivity index (χ4v) is 5.92. The minimum Gasteiger partial charge on any atom is -0.497 e. The van der Waals surface area contributed by atoms with Crippen LogP contribution >= 0.6 is 0 Å². The molecule has 1 atom stereocenters. The summed E-state index contributed by atoms with van der Waals surface area (Å²) in [5, 5.41) is 2.89. The Morgan fingerprint density at radius 2 is 1.52 bits per heavy atom. The molecular formula is C31H39N3O7S. The number of rotatable bonds is 14. The van der Waals surface area contributed by atoms with Gasteiger partial charge in [0.1, 0.15) is 29.8 Å². The SMILES string of the molecule is CC[C@@H](C(=O)NC(C)C)N(Cc1cccc(OC)c1)C(=O)CN(c1ccccc1OC)S(=O)(=O)c1ccc(OC)cc1. The van der Waals surface area contributed by atoms with Gasteiger partial charge in [-0.05, 0) is 74.4 Å². The first-order chi connectivity index (χ1) is 20.0. The number of benzene rings is 3. The highest BCUT2D eigenvalue weighted by Gasteiger charge is 2.35. The number of hydrogen-bond donors (Lipinski definition) is 1. The van der Waals surface area contributed by atoms with Crippen LogP contribution in [0.5, 0.6) is 17.2 Å². The van der Waals surface area contributed by atoms with E-state index in [9.17, 15) is 18.0 Å². The van der Waals surface area contributed by atoms with Gasteiger partial charge in [-0.3, -0.25) is 13.9 Å². The van der Waals surface area contributed by atoms with Gasteiger partial charge in [0.25, 0.3) is 10.0 Å². The van der Waals surface area contributed by atoms with Gasteiger partial charge in [-0.1, -0.05) is 31.2 Å². The average molecular weight is 598 g/mol. The lowest BCUT2D eigenvalue weighted by Crippen LogP contribution is -2.53. The van der Waals surface area contributed by atoms with E-state index in [1.54, 1.807) is 49.6 Å². The third kappa shape index (κ3) is 7.73. The van der Waals surface area contributed by atoms with E-state index in [1.165, 1.54) is 43.4 Å². The van der Waals surface area contributed by atoms with Crippen molar-refractivity contribution in [3.05, 3.63) is 78.4 Å². The number of nitrogens with zero attached hydrogens (tertiary/aromatic N) is 2. The van der Waals surface area contributed by atoms with E-state index in [1.807, 2.05) is 26.8 Å². The number of hydrogen-bond acceptors (Lipinski definition) is 7. The summed E-state index contributed by atoms with van der Waals surface area (Å²) in [5.41, 5.74) is 0.908. The molecule has 3 aromatic rings. The monoisotopic (exact) mass is 597 g/mol. The second-order valence-electron chi connectivity index (χ2n) is 9.82. The molecular weight excluding hydrogens is 558 g/mol. The number of amides is 2. The average Bonchev–Trinajstić information content (AvgIpc) is 2.99. The number of ether oxygens (including phenoxy) is 3. The van der Waals surface area contributed by atoms with Gasteiger partial charge in [-0.2, -0.15) is 0 Å². The van der Waals surface area contributed by atoms with Gasteiger partial charge in [0, 0.05) is 12.6 Å². The van der Waals surface area contributed by atoms with Crippen LogP contribution < -0.4 is 23.8 Å². The van der Waals surface area contributed by atoms with Crippen LogP contribution in [0, 0.1) is 0 Å². The summed E-state index contributed by atoms with van der Waals surface area (Å²) in [4.78, 5) is 28.9. The van der Waals surface area contributed by atoms with Crippen molar-refractivity contribution in [1.29, 1.82) is 0 Å². The maximum atomic E-state index is 14.2. The molecule has 2 amide bonds. The Balaban J connectivity index is 2.11. The van der Waals surface area contributed by atoms with Crippen molar-refractivity contribution in [2.75, 3.05) is 32.2 Å². The molecule has 0 unspecified atom stereocenters. The van der Waals surface area contributed by atoms with Gasteiger partial charge in [0.15, 0.2) is 0 Å². The molecule has 42 heavy (non-hydrogen) atoms. The van der Waals surface area contributed by atoms with Crippen molar-refractivity contribution in [2.45, 2.75) is 50.7 Å². The molecule has 1 N–H and O–H groups in total. The van der Waals surface area contributed by atoms with E-state index < -0.39 is 28.5 Å². The van der Waals surface area contributed by atoms with Crippen molar-refractivity contribution in [3.8, 4) is 17.2 Å². The van der Waals surface area contributed by atoms with E-state index in [0.717, 1.165) is 9.87 Å². The van der Waals surface area contributed by atoms with E-state index in [0.29, 0.717) is 17.9 Å². The number of methoxy groups -OCH3 is 3. The molecule has 0 bridgehead atoms. The Bertz CT molecular complexity index is 1460. The van der Waals surface area contributed by atoms with Crippen LogP contribution in [0.3, 0.4) is 0 Å².